The van der Waals surface area contributed by atoms with Crippen LogP contribution in [-0.4, -0.2) is 59.0 Å². The third-order valence-electron chi connectivity index (χ3n) is 4.26. The third-order valence-corrected chi connectivity index (χ3v) is 5.25. The lowest BCUT2D eigenvalue weighted by atomic mass is 10.2. The van der Waals surface area contributed by atoms with Crippen LogP contribution in [0.5, 0.6) is 0 Å². The number of rotatable bonds is 4. The molecule has 0 radical (unpaired) electrons. The van der Waals surface area contributed by atoms with Crippen LogP contribution < -0.4 is 5.32 Å². The summed E-state index contributed by atoms with van der Waals surface area (Å²) >= 11 is 1.54. The minimum Gasteiger partial charge on any atom is -0.301 e. The fraction of sp³-hybridized carbons (Fsp3) is 0.733. The van der Waals surface area contributed by atoms with E-state index in [-0.39, 0.29) is 11.9 Å². The van der Waals surface area contributed by atoms with Crippen LogP contribution in [0.2, 0.25) is 0 Å². The molecule has 1 aromatic rings. The second-order valence-corrected chi connectivity index (χ2v) is 7.19. The highest BCUT2D eigenvalue weighted by molar-refractivity contribution is 7.15. The molecular weight excluding hydrogens is 284 g/mol. The monoisotopic (exact) mass is 310 g/mol. The fourth-order valence-corrected chi connectivity index (χ4v) is 3.36. The molecule has 2 rings (SSSR count). The topological polar surface area (TPSA) is 48.5 Å². The van der Waals surface area contributed by atoms with Gasteiger partial charge in [0.05, 0.1) is 11.7 Å². The second kappa shape index (κ2) is 6.85. The molecule has 1 fully saturated rings. The molecule has 2 heterocycles. The molecule has 1 aromatic heterocycles. The molecule has 6 heteroatoms. The zero-order valence-electron chi connectivity index (χ0n) is 13.6. The number of piperazine rings is 1. The molecule has 0 aromatic carbocycles. The van der Waals surface area contributed by atoms with Crippen LogP contribution in [0.15, 0.2) is 0 Å². The van der Waals surface area contributed by atoms with Crippen molar-refractivity contribution in [2.75, 3.05) is 31.5 Å². The van der Waals surface area contributed by atoms with E-state index in [0.717, 1.165) is 36.8 Å². The molecular formula is C15H26N4OS. The van der Waals surface area contributed by atoms with E-state index in [9.17, 15) is 4.79 Å². The average molecular weight is 310 g/mol. The summed E-state index contributed by atoms with van der Waals surface area (Å²) in [6.45, 7) is 14.4. The Morgan fingerprint density at radius 3 is 2.19 bits per heavy atom. The highest BCUT2D eigenvalue weighted by atomic mass is 32.1. The molecule has 118 valence electrons. The fourth-order valence-electron chi connectivity index (χ4n) is 2.54. The molecule has 5 nitrogen and oxygen atoms in total. The van der Waals surface area contributed by atoms with Crippen LogP contribution in [0.4, 0.5) is 5.13 Å². The number of aryl methyl sites for hydroxylation is 2. The lowest BCUT2D eigenvalue weighted by Crippen LogP contribution is -2.54. The number of nitrogens with one attached hydrogen (secondary N) is 1. The van der Waals surface area contributed by atoms with Gasteiger partial charge in [-0.05, 0) is 34.6 Å². The number of carbonyl (C=O) groups is 1. The Balaban J connectivity index is 1.88. The number of carbonyl (C=O) groups excluding carboxylic acids is 1. The van der Waals surface area contributed by atoms with Gasteiger partial charge in [0, 0.05) is 37.1 Å². The van der Waals surface area contributed by atoms with Crippen LogP contribution in [0.3, 0.4) is 0 Å². The first-order valence-electron chi connectivity index (χ1n) is 7.61. The summed E-state index contributed by atoms with van der Waals surface area (Å²) < 4.78 is 0. The summed E-state index contributed by atoms with van der Waals surface area (Å²) in [6, 6.07) is 0.473. The molecule has 21 heavy (non-hydrogen) atoms. The van der Waals surface area contributed by atoms with E-state index in [4.69, 9.17) is 0 Å². The Morgan fingerprint density at radius 1 is 1.14 bits per heavy atom. The van der Waals surface area contributed by atoms with Crippen molar-refractivity contribution in [3.63, 3.8) is 0 Å². The van der Waals surface area contributed by atoms with Crippen molar-refractivity contribution in [3.05, 3.63) is 10.6 Å². The summed E-state index contributed by atoms with van der Waals surface area (Å²) in [5, 5.41) is 3.66. The maximum atomic E-state index is 12.3. The summed E-state index contributed by atoms with van der Waals surface area (Å²) in [5.74, 6) is 0.0433. The van der Waals surface area contributed by atoms with E-state index in [1.165, 1.54) is 0 Å². The van der Waals surface area contributed by atoms with Crippen LogP contribution in [0, 0.1) is 13.8 Å². The molecule has 1 unspecified atom stereocenters. The molecule has 1 amide bonds. The first-order chi connectivity index (χ1) is 9.88. The predicted octanol–water partition coefficient (Wildman–Crippen LogP) is 2.11. The normalized spacial score (nSPS) is 19.0. The average Bonchev–Trinajstić information content (AvgIpc) is 2.76. The molecule has 1 aliphatic heterocycles. The first kappa shape index (κ1) is 16.4. The Bertz CT molecular complexity index is 472. The van der Waals surface area contributed by atoms with Crippen molar-refractivity contribution in [2.45, 2.75) is 46.7 Å². The molecule has 0 spiro atoms. The Morgan fingerprint density at radius 2 is 1.71 bits per heavy atom. The molecule has 0 saturated carbocycles. The van der Waals surface area contributed by atoms with Crippen LogP contribution in [0.25, 0.3) is 0 Å². The van der Waals surface area contributed by atoms with Gasteiger partial charge in [0.15, 0.2) is 5.13 Å². The van der Waals surface area contributed by atoms with Gasteiger partial charge in [-0.1, -0.05) is 0 Å². The van der Waals surface area contributed by atoms with Gasteiger partial charge in [-0.3, -0.25) is 14.6 Å². The van der Waals surface area contributed by atoms with Crippen LogP contribution >= 0.6 is 11.3 Å². The van der Waals surface area contributed by atoms with Crippen molar-refractivity contribution in [1.29, 1.82) is 0 Å². The summed E-state index contributed by atoms with van der Waals surface area (Å²) in [7, 11) is 0. The van der Waals surface area contributed by atoms with E-state index < -0.39 is 0 Å². The summed E-state index contributed by atoms with van der Waals surface area (Å²) in [6.07, 6.45) is 0. The standard InChI is InChI=1S/C15H26N4OS/c1-10(2)18-6-8-19(9-7-18)12(4)14(20)17-15-16-11(3)13(5)21-15/h10,12H,6-9H2,1-5H3,(H,16,17,20). The van der Waals surface area contributed by atoms with E-state index in [2.05, 4.69) is 33.9 Å². The van der Waals surface area contributed by atoms with Crippen molar-refractivity contribution in [1.82, 2.24) is 14.8 Å². The predicted molar refractivity (Wildman–Crippen MR) is 88.0 cm³/mol. The molecule has 1 aliphatic rings. The number of nitrogens with zero attached hydrogens (tertiary/aromatic N) is 3. The number of anilines is 1. The molecule has 0 aliphatic carbocycles. The number of hydrogen-bond acceptors (Lipinski definition) is 5. The van der Waals surface area contributed by atoms with Crippen LogP contribution in [-0.2, 0) is 4.79 Å². The Kier molecular flexibility index (Phi) is 5.35. The van der Waals surface area contributed by atoms with Crippen molar-refractivity contribution >= 4 is 22.4 Å². The van der Waals surface area contributed by atoms with Crippen molar-refractivity contribution < 1.29 is 4.79 Å². The number of thiazole rings is 1. The maximum Gasteiger partial charge on any atom is 0.243 e. The van der Waals surface area contributed by atoms with Gasteiger partial charge in [-0.25, -0.2) is 4.98 Å². The van der Waals surface area contributed by atoms with E-state index >= 15 is 0 Å². The Labute approximate surface area is 131 Å². The van der Waals surface area contributed by atoms with Crippen molar-refractivity contribution in [3.8, 4) is 0 Å². The summed E-state index contributed by atoms with van der Waals surface area (Å²) in [5.41, 5.74) is 0.994. The highest BCUT2D eigenvalue weighted by Gasteiger charge is 2.26. The minimum absolute atomic E-state index is 0.0433. The van der Waals surface area contributed by atoms with Gasteiger partial charge in [-0.2, -0.15) is 0 Å². The SMILES string of the molecule is Cc1nc(NC(=O)C(C)N2CCN(C(C)C)CC2)sc1C. The lowest BCUT2D eigenvalue weighted by molar-refractivity contribution is -0.121. The van der Waals surface area contributed by atoms with Gasteiger partial charge in [-0.15, -0.1) is 11.3 Å². The molecule has 1 atom stereocenters. The smallest absolute Gasteiger partial charge is 0.243 e. The zero-order valence-corrected chi connectivity index (χ0v) is 14.5. The van der Waals surface area contributed by atoms with Gasteiger partial charge in [0.25, 0.3) is 0 Å². The van der Waals surface area contributed by atoms with Gasteiger partial charge < -0.3 is 5.32 Å². The van der Waals surface area contributed by atoms with E-state index in [0.29, 0.717) is 11.2 Å². The lowest BCUT2D eigenvalue weighted by Gasteiger charge is -2.39. The molecule has 1 saturated heterocycles. The largest absolute Gasteiger partial charge is 0.301 e. The number of amides is 1. The summed E-state index contributed by atoms with van der Waals surface area (Å²) in [4.78, 5) is 22.6. The zero-order chi connectivity index (χ0) is 15.6. The second-order valence-electron chi connectivity index (χ2n) is 5.99. The first-order valence-corrected chi connectivity index (χ1v) is 8.43. The molecule has 1 N–H and O–H groups in total. The molecule has 0 bridgehead atoms. The highest BCUT2D eigenvalue weighted by Crippen LogP contribution is 2.21. The third kappa shape index (κ3) is 4.02. The van der Waals surface area contributed by atoms with Gasteiger partial charge in [0.2, 0.25) is 5.91 Å². The maximum absolute atomic E-state index is 12.3. The van der Waals surface area contributed by atoms with Crippen LogP contribution in [0.1, 0.15) is 31.3 Å². The number of hydrogen-bond donors (Lipinski definition) is 1. The minimum atomic E-state index is -0.108. The van der Waals surface area contributed by atoms with E-state index in [1.54, 1.807) is 11.3 Å². The Hall–Kier alpha value is -0.980. The van der Waals surface area contributed by atoms with Crippen molar-refractivity contribution in [2.24, 2.45) is 0 Å². The number of aromatic nitrogens is 1. The van der Waals surface area contributed by atoms with E-state index in [1.807, 2.05) is 20.8 Å². The van der Waals surface area contributed by atoms with Gasteiger partial charge >= 0.3 is 0 Å². The quantitative estimate of drug-likeness (QED) is 0.925. The van der Waals surface area contributed by atoms with Gasteiger partial charge in [0.1, 0.15) is 0 Å².